The van der Waals surface area contributed by atoms with Crippen LogP contribution < -0.4 is 0 Å². The third-order valence-electron chi connectivity index (χ3n) is 3.89. The van der Waals surface area contributed by atoms with Crippen molar-refractivity contribution >= 4 is 16.7 Å². The summed E-state index contributed by atoms with van der Waals surface area (Å²) in [7, 11) is 0. The maximum Gasteiger partial charge on any atom is 0.308 e. The van der Waals surface area contributed by atoms with Crippen LogP contribution in [0.4, 0.5) is 0 Å². The van der Waals surface area contributed by atoms with Crippen molar-refractivity contribution in [3.05, 3.63) is 48.0 Å². The van der Waals surface area contributed by atoms with Crippen molar-refractivity contribution in [2.75, 3.05) is 6.61 Å². The standard InChI is InChI=1S/C17H18O2/c18-17(15-6-3-7-15)19-11-10-13-8-9-14-4-1-2-5-16(14)12-13/h1-2,4-5,8-9,12,15H,3,6-7,10-11H2. The number of hydrogen-bond acceptors (Lipinski definition) is 2. The van der Waals surface area contributed by atoms with E-state index in [1.807, 2.05) is 12.1 Å². The molecule has 0 aliphatic heterocycles. The number of carbonyl (C=O) groups excluding carboxylic acids is 1. The van der Waals surface area contributed by atoms with Gasteiger partial charge in [-0.1, -0.05) is 48.9 Å². The molecule has 0 atom stereocenters. The molecule has 19 heavy (non-hydrogen) atoms. The minimum absolute atomic E-state index is 0.00737. The van der Waals surface area contributed by atoms with Crippen LogP contribution in [0.25, 0.3) is 10.8 Å². The molecule has 1 aliphatic rings. The van der Waals surface area contributed by atoms with Gasteiger partial charge in [-0.25, -0.2) is 0 Å². The van der Waals surface area contributed by atoms with Crippen molar-refractivity contribution in [2.24, 2.45) is 5.92 Å². The minimum atomic E-state index is -0.00737. The highest BCUT2D eigenvalue weighted by atomic mass is 16.5. The molecular formula is C17H18O2. The fourth-order valence-electron chi connectivity index (χ4n) is 2.43. The van der Waals surface area contributed by atoms with Gasteiger partial charge < -0.3 is 4.74 Å². The molecule has 0 bridgehead atoms. The summed E-state index contributed by atoms with van der Waals surface area (Å²) >= 11 is 0. The number of rotatable bonds is 4. The van der Waals surface area contributed by atoms with Crippen molar-refractivity contribution in [3.63, 3.8) is 0 Å². The number of fused-ring (bicyclic) bond motifs is 1. The van der Waals surface area contributed by atoms with Gasteiger partial charge in [0.05, 0.1) is 12.5 Å². The normalized spacial score (nSPS) is 15.2. The van der Waals surface area contributed by atoms with E-state index >= 15 is 0 Å². The Balaban J connectivity index is 1.57. The summed E-state index contributed by atoms with van der Waals surface area (Å²) in [6.45, 7) is 0.494. The van der Waals surface area contributed by atoms with Crippen LogP contribution in [0.3, 0.4) is 0 Å². The molecule has 1 aliphatic carbocycles. The van der Waals surface area contributed by atoms with Gasteiger partial charge in [-0.15, -0.1) is 0 Å². The van der Waals surface area contributed by atoms with E-state index in [1.54, 1.807) is 0 Å². The Morgan fingerprint density at radius 1 is 1.11 bits per heavy atom. The Bertz CT molecular complexity index is 585. The molecule has 0 unspecified atom stereocenters. The third kappa shape index (κ3) is 2.78. The van der Waals surface area contributed by atoms with Gasteiger partial charge in [0.1, 0.15) is 0 Å². The summed E-state index contributed by atoms with van der Waals surface area (Å²) in [4.78, 5) is 11.6. The van der Waals surface area contributed by atoms with E-state index in [9.17, 15) is 4.79 Å². The first-order valence-electron chi connectivity index (χ1n) is 6.97. The summed E-state index contributed by atoms with van der Waals surface area (Å²) in [6, 6.07) is 14.7. The quantitative estimate of drug-likeness (QED) is 0.777. The summed E-state index contributed by atoms with van der Waals surface area (Å²) in [6.07, 6.45) is 3.98. The molecule has 2 heteroatoms. The predicted octanol–water partition coefficient (Wildman–Crippen LogP) is 3.73. The van der Waals surface area contributed by atoms with Crippen molar-refractivity contribution in [1.82, 2.24) is 0 Å². The molecule has 2 aromatic rings. The van der Waals surface area contributed by atoms with E-state index in [4.69, 9.17) is 4.74 Å². The van der Waals surface area contributed by atoms with Crippen LogP contribution in [0.15, 0.2) is 42.5 Å². The van der Waals surface area contributed by atoms with Crippen LogP contribution in [0, 0.1) is 5.92 Å². The molecule has 0 spiro atoms. The molecule has 0 saturated heterocycles. The zero-order chi connectivity index (χ0) is 13.1. The second-order valence-electron chi connectivity index (χ2n) is 5.23. The Kier molecular flexibility index (Phi) is 3.49. The maximum atomic E-state index is 11.6. The van der Waals surface area contributed by atoms with Crippen LogP contribution >= 0.6 is 0 Å². The van der Waals surface area contributed by atoms with E-state index in [-0.39, 0.29) is 11.9 Å². The highest BCUT2D eigenvalue weighted by molar-refractivity contribution is 5.83. The number of hydrogen-bond donors (Lipinski definition) is 0. The summed E-state index contributed by atoms with van der Waals surface area (Å²) < 4.78 is 5.32. The lowest BCUT2D eigenvalue weighted by atomic mass is 9.86. The monoisotopic (exact) mass is 254 g/mol. The Morgan fingerprint density at radius 2 is 1.89 bits per heavy atom. The van der Waals surface area contributed by atoms with E-state index in [1.165, 1.54) is 22.8 Å². The van der Waals surface area contributed by atoms with Crippen LogP contribution in [0.5, 0.6) is 0 Å². The average molecular weight is 254 g/mol. The molecule has 2 aromatic carbocycles. The van der Waals surface area contributed by atoms with Gasteiger partial charge in [0.2, 0.25) is 0 Å². The zero-order valence-corrected chi connectivity index (χ0v) is 11.0. The van der Waals surface area contributed by atoms with E-state index < -0.39 is 0 Å². The molecular weight excluding hydrogens is 236 g/mol. The van der Waals surface area contributed by atoms with Crippen molar-refractivity contribution in [3.8, 4) is 0 Å². The van der Waals surface area contributed by atoms with Crippen molar-refractivity contribution in [1.29, 1.82) is 0 Å². The molecule has 0 aromatic heterocycles. The number of carbonyl (C=O) groups is 1. The lowest BCUT2D eigenvalue weighted by molar-refractivity contribution is -0.151. The van der Waals surface area contributed by atoms with Gasteiger partial charge in [-0.3, -0.25) is 4.79 Å². The van der Waals surface area contributed by atoms with Gasteiger partial charge in [0, 0.05) is 6.42 Å². The van der Waals surface area contributed by atoms with Gasteiger partial charge >= 0.3 is 5.97 Å². The number of esters is 1. The highest BCUT2D eigenvalue weighted by Crippen LogP contribution is 2.27. The van der Waals surface area contributed by atoms with Crippen LogP contribution in [0.2, 0.25) is 0 Å². The first-order valence-corrected chi connectivity index (χ1v) is 6.97. The topological polar surface area (TPSA) is 26.3 Å². The SMILES string of the molecule is O=C(OCCc1ccc2ccccc2c1)C1CCC1. The smallest absolute Gasteiger partial charge is 0.308 e. The van der Waals surface area contributed by atoms with Gasteiger partial charge in [0.25, 0.3) is 0 Å². The molecule has 0 heterocycles. The second-order valence-corrected chi connectivity index (χ2v) is 5.23. The molecule has 0 amide bonds. The Hall–Kier alpha value is -1.83. The van der Waals surface area contributed by atoms with Crippen molar-refractivity contribution < 1.29 is 9.53 Å². The highest BCUT2D eigenvalue weighted by Gasteiger charge is 2.26. The fraction of sp³-hybridized carbons (Fsp3) is 0.353. The second kappa shape index (κ2) is 5.43. The lowest BCUT2D eigenvalue weighted by Gasteiger charge is -2.23. The molecule has 1 fully saturated rings. The van der Waals surface area contributed by atoms with E-state index in [0.29, 0.717) is 6.61 Å². The Morgan fingerprint density at radius 3 is 2.63 bits per heavy atom. The number of ether oxygens (including phenoxy) is 1. The first-order chi connectivity index (χ1) is 9.33. The largest absolute Gasteiger partial charge is 0.465 e. The summed E-state index contributed by atoms with van der Waals surface area (Å²) in [5.41, 5.74) is 1.22. The van der Waals surface area contributed by atoms with Gasteiger partial charge in [-0.05, 0) is 29.2 Å². The van der Waals surface area contributed by atoms with E-state index in [0.717, 1.165) is 19.3 Å². The van der Waals surface area contributed by atoms with Gasteiger partial charge in [-0.2, -0.15) is 0 Å². The minimum Gasteiger partial charge on any atom is -0.465 e. The molecule has 98 valence electrons. The predicted molar refractivity (Wildman–Crippen MR) is 76.0 cm³/mol. The third-order valence-corrected chi connectivity index (χ3v) is 3.89. The number of benzene rings is 2. The summed E-state index contributed by atoms with van der Waals surface area (Å²) in [5.74, 6) is 0.170. The van der Waals surface area contributed by atoms with Crippen molar-refractivity contribution in [2.45, 2.75) is 25.7 Å². The lowest BCUT2D eigenvalue weighted by Crippen LogP contribution is -2.24. The molecule has 0 radical (unpaired) electrons. The molecule has 1 saturated carbocycles. The van der Waals surface area contributed by atoms with E-state index in [2.05, 4.69) is 30.3 Å². The zero-order valence-electron chi connectivity index (χ0n) is 11.0. The first kappa shape index (κ1) is 12.2. The average Bonchev–Trinajstić information content (AvgIpc) is 2.36. The van der Waals surface area contributed by atoms with Crippen LogP contribution in [-0.2, 0) is 16.0 Å². The summed E-state index contributed by atoms with van der Waals surface area (Å²) in [5, 5.41) is 2.49. The maximum absolute atomic E-state index is 11.6. The molecule has 2 nitrogen and oxygen atoms in total. The van der Waals surface area contributed by atoms with Crippen LogP contribution in [0.1, 0.15) is 24.8 Å². The Labute approximate surface area is 113 Å². The van der Waals surface area contributed by atoms with Crippen LogP contribution in [-0.4, -0.2) is 12.6 Å². The molecule has 3 rings (SSSR count). The fourth-order valence-corrected chi connectivity index (χ4v) is 2.43. The molecule has 0 N–H and O–H groups in total. The van der Waals surface area contributed by atoms with Gasteiger partial charge in [0.15, 0.2) is 0 Å².